The molecule has 0 atom stereocenters. The minimum Gasteiger partial charge on any atom is -0.303 e. The predicted octanol–water partition coefficient (Wildman–Crippen LogP) is 1.90. The summed E-state index contributed by atoms with van der Waals surface area (Å²) in [6.45, 7) is 5.04. The lowest BCUT2D eigenvalue weighted by Gasteiger charge is -2.35. The summed E-state index contributed by atoms with van der Waals surface area (Å²) in [5.74, 6) is 0. The Kier molecular flexibility index (Phi) is 4.84. The van der Waals surface area contributed by atoms with Crippen molar-refractivity contribution < 1.29 is 8.42 Å². The number of rotatable bonds is 4. The third kappa shape index (κ3) is 3.28. The topological polar surface area (TPSA) is 53.5 Å². The fourth-order valence-corrected chi connectivity index (χ4v) is 5.19. The third-order valence-electron chi connectivity index (χ3n) is 3.61. The molecule has 2 rings (SSSR count). The van der Waals surface area contributed by atoms with Gasteiger partial charge in [0.25, 0.3) is 10.0 Å². The van der Waals surface area contributed by atoms with Crippen LogP contribution in [-0.2, 0) is 10.0 Å². The highest BCUT2D eigenvalue weighted by Crippen LogP contribution is 2.28. The number of piperidine rings is 1. The Labute approximate surface area is 123 Å². The van der Waals surface area contributed by atoms with E-state index < -0.39 is 10.0 Å². The fraction of sp³-hybridized carbons (Fsp3) is 0.727. The standard InChI is InChI=1S/C11H18ClN3O2S2/c1-3-15-6-4-9(5-7-15)14(2)19(16,17)10-8-13-11(12)18-10/h8-9H,3-7H2,1-2H3. The smallest absolute Gasteiger partial charge is 0.254 e. The first-order chi connectivity index (χ1) is 8.95. The van der Waals surface area contributed by atoms with Crippen LogP contribution in [0.5, 0.6) is 0 Å². The molecule has 0 radical (unpaired) electrons. The van der Waals surface area contributed by atoms with Crippen LogP contribution in [0.4, 0.5) is 0 Å². The normalized spacial score (nSPS) is 19.2. The van der Waals surface area contributed by atoms with Crippen LogP contribution in [0.2, 0.25) is 4.47 Å². The lowest BCUT2D eigenvalue weighted by molar-refractivity contribution is 0.176. The summed E-state index contributed by atoms with van der Waals surface area (Å²) in [4.78, 5) is 6.14. The molecule has 0 saturated carbocycles. The van der Waals surface area contributed by atoms with Gasteiger partial charge in [-0.25, -0.2) is 13.4 Å². The van der Waals surface area contributed by atoms with Crippen LogP contribution in [0, 0.1) is 0 Å². The second-order valence-corrected chi connectivity index (χ2v) is 8.46. The van der Waals surface area contributed by atoms with E-state index in [0.717, 1.165) is 43.8 Å². The summed E-state index contributed by atoms with van der Waals surface area (Å²) in [5, 5.41) is 0. The van der Waals surface area contributed by atoms with Crippen molar-refractivity contribution in [1.82, 2.24) is 14.2 Å². The molecule has 2 heterocycles. The van der Waals surface area contributed by atoms with E-state index in [9.17, 15) is 8.42 Å². The van der Waals surface area contributed by atoms with Crippen LogP contribution >= 0.6 is 22.9 Å². The third-order valence-corrected chi connectivity index (χ3v) is 7.07. The van der Waals surface area contributed by atoms with Gasteiger partial charge in [0.1, 0.15) is 0 Å². The highest BCUT2D eigenvalue weighted by Gasteiger charge is 2.31. The number of aromatic nitrogens is 1. The van der Waals surface area contributed by atoms with Crippen LogP contribution in [0.3, 0.4) is 0 Å². The van der Waals surface area contributed by atoms with Crippen molar-refractivity contribution >= 4 is 33.0 Å². The van der Waals surface area contributed by atoms with Crippen LogP contribution in [0.1, 0.15) is 19.8 Å². The molecule has 19 heavy (non-hydrogen) atoms. The molecule has 1 fully saturated rings. The summed E-state index contributed by atoms with van der Waals surface area (Å²) >= 11 is 6.72. The number of hydrogen-bond acceptors (Lipinski definition) is 5. The molecule has 5 nitrogen and oxygen atoms in total. The molecule has 1 aromatic rings. The Bertz CT molecular complexity index is 524. The molecule has 0 aliphatic carbocycles. The van der Waals surface area contributed by atoms with Gasteiger partial charge in [-0.2, -0.15) is 4.31 Å². The zero-order valence-electron chi connectivity index (χ0n) is 11.0. The zero-order chi connectivity index (χ0) is 14.0. The van der Waals surface area contributed by atoms with Crippen molar-refractivity contribution in [3.8, 4) is 0 Å². The molecule has 0 bridgehead atoms. The first-order valence-electron chi connectivity index (χ1n) is 6.27. The zero-order valence-corrected chi connectivity index (χ0v) is 13.4. The molecule has 108 valence electrons. The molecular formula is C11H18ClN3O2S2. The van der Waals surface area contributed by atoms with Crippen molar-refractivity contribution in [2.45, 2.75) is 30.0 Å². The van der Waals surface area contributed by atoms with E-state index in [2.05, 4.69) is 16.8 Å². The predicted molar refractivity (Wildman–Crippen MR) is 77.2 cm³/mol. The number of sulfonamides is 1. The van der Waals surface area contributed by atoms with Crippen molar-refractivity contribution in [3.05, 3.63) is 10.7 Å². The molecule has 0 unspecified atom stereocenters. The van der Waals surface area contributed by atoms with Gasteiger partial charge < -0.3 is 4.90 Å². The van der Waals surface area contributed by atoms with Crippen LogP contribution in [-0.4, -0.2) is 55.3 Å². The second-order valence-electron chi connectivity index (χ2n) is 4.62. The summed E-state index contributed by atoms with van der Waals surface area (Å²) < 4.78 is 26.8. The van der Waals surface area contributed by atoms with Gasteiger partial charge in [-0.05, 0) is 32.5 Å². The Morgan fingerprint density at radius 3 is 2.63 bits per heavy atom. The first kappa shape index (κ1) is 15.2. The number of halogens is 1. The van der Waals surface area contributed by atoms with Crippen LogP contribution < -0.4 is 0 Å². The number of hydrogen-bond donors (Lipinski definition) is 0. The monoisotopic (exact) mass is 323 g/mol. The molecule has 8 heteroatoms. The number of nitrogens with zero attached hydrogens (tertiary/aromatic N) is 3. The molecule has 0 spiro atoms. The van der Waals surface area contributed by atoms with Crippen molar-refractivity contribution in [3.63, 3.8) is 0 Å². The Morgan fingerprint density at radius 2 is 2.16 bits per heavy atom. The lowest BCUT2D eigenvalue weighted by atomic mass is 10.1. The minimum absolute atomic E-state index is 0.0636. The van der Waals surface area contributed by atoms with Crippen LogP contribution in [0.15, 0.2) is 10.4 Å². The minimum atomic E-state index is -3.46. The highest BCUT2D eigenvalue weighted by atomic mass is 35.5. The quantitative estimate of drug-likeness (QED) is 0.849. The molecule has 0 aromatic carbocycles. The van der Waals surface area contributed by atoms with Gasteiger partial charge in [-0.3, -0.25) is 0 Å². The molecule has 1 saturated heterocycles. The van der Waals surface area contributed by atoms with Gasteiger partial charge in [0.2, 0.25) is 0 Å². The number of thiazole rings is 1. The van der Waals surface area contributed by atoms with E-state index in [1.165, 1.54) is 10.5 Å². The van der Waals surface area contributed by atoms with E-state index in [0.29, 0.717) is 0 Å². The first-order valence-corrected chi connectivity index (χ1v) is 8.90. The number of likely N-dealkylation sites (tertiary alicyclic amines) is 1. The van der Waals surface area contributed by atoms with Gasteiger partial charge in [0.05, 0.1) is 6.20 Å². The average molecular weight is 324 g/mol. The van der Waals surface area contributed by atoms with E-state index in [1.807, 2.05) is 0 Å². The van der Waals surface area contributed by atoms with E-state index >= 15 is 0 Å². The van der Waals surface area contributed by atoms with Gasteiger partial charge >= 0.3 is 0 Å². The summed E-state index contributed by atoms with van der Waals surface area (Å²) in [6.07, 6.45) is 3.08. The van der Waals surface area contributed by atoms with Gasteiger partial charge in [0.15, 0.2) is 8.68 Å². The molecule has 1 aliphatic rings. The van der Waals surface area contributed by atoms with Crippen molar-refractivity contribution in [2.75, 3.05) is 26.7 Å². The van der Waals surface area contributed by atoms with Crippen LogP contribution in [0.25, 0.3) is 0 Å². The molecular weight excluding hydrogens is 306 g/mol. The van der Waals surface area contributed by atoms with Gasteiger partial charge in [-0.1, -0.05) is 29.9 Å². The Hall–Kier alpha value is -0.210. The Balaban J connectivity index is 2.09. The van der Waals surface area contributed by atoms with Crippen molar-refractivity contribution in [1.29, 1.82) is 0 Å². The molecule has 1 aromatic heterocycles. The largest absolute Gasteiger partial charge is 0.303 e. The highest BCUT2D eigenvalue weighted by molar-refractivity contribution is 7.91. The second kappa shape index (κ2) is 6.05. The SMILES string of the molecule is CCN1CCC(N(C)S(=O)(=O)c2cnc(Cl)s2)CC1. The maximum Gasteiger partial charge on any atom is 0.254 e. The van der Waals surface area contributed by atoms with Gasteiger partial charge in [-0.15, -0.1) is 0 Å². The van der Waals surface area contributed by atoms with Gasteiger partial charge in [0, 0.05) is 13.1 Å². The van der Waals surface area contributed by atoms with E-state index in [4.69, 9.17) is 11.6 Å². The molecule has 1 aliphatic heterocycles. The molecule has 0 amide bonds. The summed E-state index contributed by atoms with van der Waals surface area (Å²) in [7, 11) is -1.81. The summed E-state index contributed by atoms with van der Waals surface area (Å²) in [5.41, 5.74) is 0. The lowest BCUT2D eigenvalue weighted by Crippen LogP contribution is -2.45. The average Bonchev–Trinajstić information content (AvgIpc) is 2.85. The summed E-state index contributed by atoms with van der Waals surface area (Å²) in [6, 6.07) is 0.0636. The van der Waals surface area contributed by atoms with Crippen molar-refractivity contribution in [2.24, 2.45) is 0 Å². The van der Waals surface area contributed by atoms with E-state index in [1.54, 1.807) is 7.05 Å². The maximum absolute atomic E-state index is 12.4. The fourth-order valence-electron chi connectivity index (χ4n) is 2.30. The Morgan fingerprint density at radius 1 is 1.53 bits per heavy atom. The van der Waals surface area contributed by atoms with E-state index in [-0.39, 0.29) is 14.7 Å². The maximum atomic E-state index is 12.4. The molecule has 0 N–H and O–H groups in total.